The fourth-order valence-electron chi connectivity index (χ4n) is 3.10. The molecule has 1 saturated heterocycles. The number of nitrogens with one attached hydrogen (secondary N) is 1. The van der Waals surface area contributed by atoms with Crippen molar-refractivity contribution in [2.24, 2.45) is 0 Å². The van der Waals surface area contributed by atoms with E-state index >= 15 is 0 Å². The first-order valence-corrected chi connectivity index (χ1v) is 9.28. The summed E-state index contributed by atoms with van der Waals surface area (Å²) in [5.41, 5.74) is 1.09. The van der Waals surface area contributed by atoms with Gasteiger partial charge >= 0.3 is 5.97 Å². The van der Waals surface area contributed by atoms with Crippen molar-refractivity contribution < 1.29 is 29.0 Å². The van der Waals surface area contributed by atoms with E-state index in [1.54, 1.807) is 11.8 Å². The number of hydrogen-bond donors (Lipinski definition) is 2. The van der Waals surface area contributed by atoms with E-state index in [0.717, 1.165) is 5.69 Å². The van der Waals surface area contributed by atoms with Gasteiger partial charge in [0, 0.05) is 17.8 Å². The van der Waals surface area contributed by atoms with Crippen molar-refractivity contribution in [1.82, 2.24) is 5.32 Å². The van der Waals surface area contributed by atoms with Gasteiger partial charge in [-0.05, 0) is 43.7 Å². The number of rotatable bonds is 8. The van der Waals surface area contributed by atoms with Gasteiger partial charge in [-0.1, -0.05) is 18.2 Å². The van der Waals surface area contributed by atoms with Gasteiger partial charge in [-0.3, -0.25) is 9.59 Å². The van der Waals surface area contributed by atoms with Crippen LogP contribution in [-0.2, 0) is 9.59 Å². The standard InChI is InChI=1S/C21H22N2O6/c1-2-28-18-12-14(8-9-17(18)29-13-19(24)25)20(26)22-16-10-11-23(21(16)27)15-6-4-3-5-7-15/h3-9,12,16H,2,10-11,13H2,1H3,(H,22,26)(H,24,25)/t16-/m1/s1. The zero-order valence-corrected chi connectivity index (χ0v) is 16.0. The maximum atomic E-state index is 12.7. The number of para-hydroxylation sites is 1. The van der Waals surface area contributed by atoms with Crippen LogP contribution in [0.25, 0.3) is 0 Å². The molecule has 1 aliphatic heterocycles. The highest BCUT2D eigenvalue weighted by molar-refractivity contribution is 6.04. The number of anilines is 1. The van der Waals surface area contributed by atoms with Crippen molar-refractivity contribution in [1.29, 1.82) is 0 Å². The van der Waals surface area contributed by atoms with Gasteiger partial charge in [0.1, 0.15) is 6.04 Å². The third-order valence-electron chi connectivity index (χ3n) is 4.44. The largest absolute Gasteiger partial charge is 0.490 e. The fourth-order valence-corrected chi connectivity index (χ4v) is 3.10. The lowest BCUT2D eigenvalue weighted by Gasteiger charge is -2.17. The van der Waals surface area contributed by atoms with Crippen molar-refractivity contribution in [3.8, 4) is 11.5 Å². The number of carboxylic acids is 1. The van der Waals surface area contributed by atoms with Gasteiger partial charge in [-0.15, -0.1) is 0 Å². The maximum Gasteiger partial charge on any atom is 0.341 e. The number of nitrogens with zero attached hydrogens (tertiary/aromatic N) is 1. The van der Waals surface area contributed by atoms with E-state index in [4.69, 9.17) is 14.6 Å². The Balaban J connectivity index is 1.69. The summed E-state index contributed by atoms with van der Waals surface area (Å²) >= 11 is 0. The average molecular weight is 398 g/mol. The summed E-state index contributed by atoms with van der Waals surface area (Å²) in [5, 5.41) is 11.5. The minimum atomic E-state index is -1.11. The van der Waals surface area contributed by atoms with Gasteiger partial charge in [0.05, 0.1) is 6.61 Å². The van der Waals surface area contributed by atoms with Crippen molar-refractivity contribution in [2.75, 3.05) is 24.7 Å². The summed E-state index contributed by atoms with van der Waals surface area (Å²) in [6.45, 7) is 2.10. The minimum Gasteiger partial charge on any atom is -0.490 e. The number of carboxylic acid groups (broad SMARTS) is 1. The quantitative estimate of drug-likeness (QED) is 0.705. The number of aliphatic carboxylic acids is 1. The third-order valence-corrected chi connectivity index (χ3v) is 4.44. The number of carbonyl (C=O) groups is 3. The molecule has 2 amide bonds. The van der Waals surface area contributed by atoms with Gasteiger partial charge in [0.2, 0.25) is 5.91 Å². The molecule has 1 heterocycles. The topological polar surface area (TPSA) is 105 Å². The summed E-state index contributed by atoms with van der Waals surface area (Å²) in [6.07, 6.45) is 0.511. The van der Waals surface area contributed by atoms with Crippen molar-refractivity contribution >= 4 is 23.5 Å². The van der Waals surface area contributed by atoms with Crippen LogP contribution < -0.4 is 19.7 Å². The van der Waals surface area contributed by atoms with Gasteiger partial charge in [0.25, 0.3) is 5.91 Å². The molecule has 0 radical (unpaired) electrons. The monoisotopic (exact) mass is 398 g/mol. The Hall–Kier alpha value is -3.55. The van der Waals surface area contributed by atoms with E-state index in [1.807, 2.05) is 30.3 Å². The van der Waals surface area contributed by atoms with Crippen molar-refractivity contribution in [3.05, 3.63) is 54.1 Å². The molecule has 0 bridgehead atoms. The fraction of sp³-hybridized carbons (Fsp3) is 0.286. The lowest BCUT2D eigenvalue weighted by atomic mass is 10.1. The maximum absolute atomic E-state index is 12.7. The van der Waals surface area contributed by atoms with Gasteiger partial charge < -0.3 is 24.8 Å². The Bertz CT molecular complexity index is 899. The zero-order valence-electron chi connectivity index (χ0n) is 16.0. The predicted octanol–water partition coefficient (Wildman–Crippen LogP) is 2.08. The zero-order chi connectivity index (χ0) is 20.8. The van der Waals surface area contributed by atoms with Gasteiger partial charge in [-0.2, -0.15) is 0 Å². The molecule has 0 aromatic heterocycles. The lowest BCUT2D eigenvalue weighted by Crippen LogP contribution is -2.41. The molecule has 0 spiro atoms. The number of ether oxygens (including phenoxy) is 2. The van der Waals surface area contributed by atoms with Crippen LogP contribution in [0.1, 0.15) is 23.7 Å². The summed E-state index contributed by atoms with van der Waals surface area (Å²) in [6, 6.07) is 13.2. The van der Waals surface area contributed by atoms with Crippen LogP contribution in [0.3, 0.4) is 0 Å². The summed E-state index contributed by atoms with van der Waals surface area (Å²) in [5.74, 6) is -1.18. The Morgan fingerprint density at radius 3 is 2.59 bits per heavy atom. The number of hydrogen-bond acceptors (Lipinski definition) is 5. The van der Waals surface area contributed by atoms with E-state index in [2.05, 4.69) is 5.32 Å². The summed E-state index contributed by atoms with van der Waals surface area (Å²) < 4.78 is 10.6. The molecule has 8 heteroatoms. The molecule has 0 saturated carbocycles. The van der Waals surface area contributed by atoms with E-state index in [0.29, 0.717) is 25.1 Å². The number of benzene rings is 2. The van der Waals surface area contributed by atoms with Crippen LogP contribution >= 0.6 is 0 Å². The first-order chi connectivity index (χ1) is 14.0. The molecule has 1 aliphatic rings. The van der Waals surface area contributed by atoms with Gasteiger partial charge in [0.15, 0.2) is 18.1 Å². The second-order valence-electron chi connectivity index (χ2n) is 6.42. The first-order valence-electron chi connectivity index (χ1n) is 9.28. The Morgan fingerprint density at radius 1 is 1.14 bits per heavy atom. The highest BCUT2D eigenvalue weighted by Crippen LogP contribution is 2.29. The number of carbonyl (C=O) groups excluding carboxylic acids is 2. The highest BCUT2D eigenvalue weighted by Gasteiger charge is 2.33. The van der Waals surface area contributed by atoms with Crippen LogP contribution in [0.2, 0.25) is 0 Å². The Morgan fingerprint density at radius 2 is 1.90 bits per heavy atom. The molecule has 1 fully saturated rings. The van der Waals surface area contributed by atoms with Crippen LogP contribution in [0.15, 0.2) is 48.5 Å². The van der Waals surface area contributed by atoms with Crippen molar-refractivity contribution in [2.45, 2.75) is 19.4 Å². The van der Waals surface area contributed by atoms with Crippen LogP contribution in [-0.4, -0.2) is 48.7 Å². The molecule has 2 aromatic carbocycles. The van der Waals surface area contributed by atoms with E-state index in [-0.39, 0.29) is 17.4 Å². The lowest BCUT2D eigenvalue weighted by molar-refractivity contribution is -0.139. The van der Waals surface area contributed by atoms with Crippen LogP contribution in [0.5, 0.6) is 11.5 Å². The minimum absolute atomic E-state index is 0.156. The molecule has 29 heavy (non-hydrogen) atoms. The van der Waals surface area contributed by atoms with Gasteiger partial charge in [-0.25, -0.2) is 4.79 Å². The van der Waals surface area contributed by atoms with Crippen molar-refractivity contribution in [3.63, 3.8) is 0 Å². The Kier molecular flexibility index (Phi) is 6.33. The summed E-state index contributed by atoms with van der Waals surface area (Å²) in [7, 11) is 0. The van der Waals surface area contributed by atoms with E-state index in [9.17, 15) is 14.4 Å². The van der Waals surface area contributed by atoms with E-state index < -0.39 is 24.5 Å². The molecule has 3 rings (SSSR count). The molecule has 2 N–H and O–H groups in total. The Labute approximate surface area is 168 Å². The molecule has 2 aromatic rings. The SMILES string of the molecule is CCOc1cc(C(=O)N[C@@H]2CCN(c3ccccc3)C2=O)ccc1OCC(=O)O. The van der Waals surface area contributed by atoms with Crippen LogP contribution in [0.4, 0.5) is 5.69 Å². The smallest absolute Gasteiger partial charge is 0.341 e. The van der Waals surface area contributed by atoms with Crippen LogP contribution in [0, 0.1) is 0 Å². The number of amides is 2. The molecule has 1 atom stereocenters. The third kappa shape index (κ3) is 4.84. The summed E-state index contributed by atoms with van der Waals surface area (Å²) in [4.78, 5) is 37.7. The molecule has 152 valence electrons. The molecular formula is C21H22N2O6. The first kappa shape index (κ1) is 20.2. The highest BCUT2D eigenvalue weighted by atomic mass is 16.5. The predicted molar refractivity (Wildman–Crippen MR) is 105 cm³/mol. The molecule has 8 nitrogen and oxygen atoms in total. The molecule has 0 aliphatic carbocycles. The van der Waals surface area contributed by atoms with E-state index in [1.165, 1.54) is 18.2 Å². The second kappa shape index (κ2) is 9.09. The molecule has 0 unspecified atom stereocenters. The molecular weight excluding hydrogens is 376 g/mol. The second-order valence-corrected chi connectivity index (χ2v) is 6.42. The average Bonchev–Trinajstić information content (AvgIpc) is 3.08. The normalized spacial score (nSPS) is 15.8.